The molecule has 7 rings (SSSR count). The molecule has 6 aliphatic rings. The summed E-state index contributed by atoms with van der Waals surface area (Å²) in [4.78, 5) is 15.4. The predicted molar refractivity (Wildman–Crippen MR) is 114 cm³/mol. The summed E-state index contributed by atoms with van der Waals surface area (Å²) in [7, 11) is 0. The average Bonchev–Trinajstić information content (AvgIpc) is 2.99. The standard InChI is InChI=1S/C25H33FN2O3/c26-22-4-2-1-3-16(22)14-31-21-9-19-5-6-20(10-21)28(19)24(29)27-23-17-7-15-8-18(23)13-25(30,11-15)12-17/h1-4,15,17-21,23,30H,5-14H2,(H,27,29)/t15?,17?,18?,19-,20+,21+,23-,25-. The normalized spacial score (nSPS) is 42.8. The van der Waals surface area contributed by atoms with Gasteiger partial charge in [-0.15, -0.1) is 0 Å². The van der Waals surface area contributed by atoms with E-state index in [1.807, 2.05) is 6.07 Å². The zero-order valence-corrected chi connectivity index (χ0v) is 18.0. The summed E-state index contributed by atoms with van der Waals surface area (Å²) in [5.74, 6) is 1.29. The molecule has 6 heteroatoms. The smallest absolute Gasteiger partial charge is 0.318 e. The van der Waals surface area contributed by atoms with E-state index < -0.39 is 5.60 Å². The predicted octanol–water partition coefficient (Wildman–Crippen LogP) is 3.99. The van der Waals surface area contributed by atoms with Crippen molar-refractivity contribution in [1.82, 2.24) is 10.2 Å². The lowest BCUT2D eigenvalue weighted by Gasteiger charge is -2.58. The van der Waals surface area contributed by atoms with Gasteiger partial charge in [0.25, 0.3) is 0 Å². The van der Waals surface area contributed by atoms with Crippen molar-refractivity contribution in [2.75, 3.05) is 0 Å². The van der Waals surface area contributed by atoms with Crippen LogP contribution in [0, 0.1) is 23.6 Å². The number of carbonyl (C=O) groups is 1. The number of halogens is 1. The molecule has 5 atom stereocenters. The molecule has 1 aromatic rings. The van der Waals surface area contributed by atoms with Crippen LogP contribution in [-0.4, -0.2) is 45.9 Å². The molecular formula is C25H33FN2O3. The fourth-order valence-corrected chi connectivity index (χ4v) is 7.85. The minimum absolute atomic E-state index is 0.0802. The van der Waals surface area contributed by atoms with Crippen LogP contribution in [0.5, 0.6) is 0 Å². The molecule has 2 amide bonds. The zero-order valence-electron chi connectivity index (χ0n) is 18.0. The van der Waals surface area contributed by atoms with Crippen LogP contribution in [0.4, 0.5) is 9.18 Å². The Morgan fingerprint density at radius 3 is 2.42 bits per heavy atom. The third-order valence-corrected chi connectivity index (χ3v) is 8.89. The molecule has 5 nitrogen and oxygen atoms in total. The molecule has 4 saturated carbocycles. The van der Waals surface area contributed by atoms with Crippen LogP contribution < -0.4 is 5.32 Å². The number of hydrogen-bond donors (Lipinski definition) is 2. The van der Waals surface area contributed by atoms with Crippen LogP contribution in [-0.2, 0) is 11.3 Å². The van der Waals surface area contributed by atoms with Crippen molar-refractivity contribution in [3.05, 3.63) is 35.6 Å². The minimum atomic E-state index is -0.468. The third-order valence-electron chi connectivity index (χ3n) is 8.89. The van der Waals surface area contributed by atoms with E-state index in [-0.39, 0.29) is 36.1 Å². The SMILES string of the molecule is O=C(N[C@H]1C2CC3CC1C[C@](O)(C3)C2)N1[C@@H]2CC[C@H]1C[C@@H](OCc1ccccc1F)C2. The molecule has 2 heterocycles. The number of aliphatic hydroxyl groups is 1. The van der Waals surface area contributed by atoms with Gasteiger partial charge in [-0.2, -0.15) is 0 Å². The monoisotopic (exact) mass is 428 g/mol. The van der Waals surface area contributed by atoms with E-state index in [0.717, 1.165) is 57.8 Å². The quantitative estimate of drug-likeness (QED) is 0.762. The van der Waals surface area contributed by atoms with E-state index in [1.54, 1.807) is 12.1 Å². The molecule has 4 aliphatic carbocycles. The van der Waals surface area contributed by atoms with Crippen molar-refractivity contribution >= 4 is 6.03 Å². The summed E-state index contributed by atoms with van der Waals surface area (Å²) in [5.41, 5.74) is 0.128. The summed E-state index contributed by atoms with van der Waals surface area (Å²) in [6.45, 7) is 0.290. The van der Waals surface area contributed by atoms with Crippen molar-refractivity contribution in [3.63, 3.8) is 0 Å². The van der Waals surface area contributed by atoms with Crippen molar-refractivity contribution in [2.24, 2.45) is 17.8 Å². The number of ether oxygens (including phenoxy) is 1. The fourth-order valence-electron chi connectivity index (χ4n) is 7.85. The van der Waals surface area contributed by atoms with Crippen LogP contribution in [0.1, 0.15) is 63.4 Å². The minimum Gasteiger partial charge on any atom is -0.390 e. The maximum Gasteiger partial charge on any atom is 0.318 e. The summed E-state index contributed by atoms with van der Waals surface area (Å²) in [6, 6.07) is 7.51. The number of amides is 2. The highest BCUT2D eigenvalue weighted by Gasteiger charge is 2.55. The van der Waals surface area contributed by atoms with Crippen LogP contribution in [0.25, 0.3) is 0 Å². The Kier molecular flexibility index (Phi) is 4.80. The lowest BCUT2D eigenvalue weighted by Crippen LogP contribution is -2.64. The van der Waals surface area contributed by atoms with E-state index in [0.29, 0.717) is 29.9 Å². The number of piperidine rings is 1. The van der Waals surface area contributed by atoms with Gasteiger partial charge in [-0.25, -0.2) is 9.18 Å². The lowest BCUT2D eigenvalue weighted by molar-refractivity contribution is -0.137. The Morgan fingerprint density at radius 1 is 1.10 bits per heavy atom. The molecule has 2 N–H and O–H groups in total. The third kappa shape index (κ3) is 3.56. The fraction of sp³-hybridized carbons (Fsp3) is 0.720. The molecule has 2 unspecified atom stereocenters. The molecule has 0 spiro atoms. The number of benzene rings is 1. The van der Waals surface area contributed by atoms with E-state index in [1.165, 1.54) is 6.07 Å². The highest BCUT2D eigenvalue weighted by atomic mass is 19.1. The van der Waals surface area contributed by atoms with E-state index >= 15 is 0 Å². The number of hydrogen-bond acceptors (Lipinski definition) is 3. The number of nitrogens with zero attached hydrogens (tertiary/aromatic N) is 1. The van der Waals surface area contributed by atoms with Crippen LogP contribution in [0.2, 0.25) is 0 Å². The number of rotatable bonds is 4. The highest BCUT2D eigenvalue weighted by Crippen LogP contribution is 2.55. The highest BCUT2D eigenvalue weighted by molar-refractivity contribution is 5.76. The van der Waals surface area contributed by atoms with Gasteiger partial charge in [-0.3, -0.25) is 0 Å². The topological polar surface area (TPSA) is 61.8 Å². The van der Waals surface area contributed by atoms with Crippen molar-refractivity contribution in [3.8, 4) is 0 Å². The summed E-state index contributed by atoms with van der Waals surface area (Å²) in [5, 5.41) is 14.2. The van der Waals surface area contributed by atoms with Gasteiger partial charge in [-0.05, 0) is 81.6 Å². The van der Waals surface area contributed by atoms with Gasteiger partial charge in [0.1, 0.15) is 5.82 Å². The molecule has 1 aromatic carbocycles. The number of nitrogens with one attached hydrogen (secondary N) is 1. The second-order valence-electron chi connectivity index (χ2n) is 11.0. The lowest BCUT2D eigenvalue weighted by atomic mass is 9.52. The molecular weight excluding hydrogens is 395 g/mol. The molecule has 168 valence electrons. The summed E-state index contributed by atoms with van der Waals surface area (Å²) >= 11 is 0. The molecule has 6 bridgehead atoms. The van der Waals surface area contributed by atoms with Crippen molar-refractivity contribution in [2.45, 2.75) is 94.2 Å². The number of urea groups is 1. The summed E-state index contributed by atoms with van der Waals surface area (Å²) < 4.78 is 20.0. The van der Waals surface area contributed by atoms with Gasteiger partial charge < -0.3 is 20.1 Å². The van der Waals surface area contributed by atoms with Crippen LogP contribution >= 0.6 is 0 Å². The Hall–Kier alpha value is -1.66. The van der Waals surface area contributed by atoms with Gasteiger partial charge in [0.05, 0.1) is 18.3 Å². The maximum absolute atomic E-state index is 13.9. The van der Waals surface area contributed by atoms with E-state index in [2.05, 4.69) is 10.2 Å². The van der Waals surface area contributed by atoms with Crippen LogP contribution in [0.3, 0.4) is 0 Å². The zero-order chi connectivity index (χ0) is 21.2. The molecule has 0 radical (unpaired) electrons. The van der Waals surface area contributed by atoms with E-state index in [4.69, 9.17) is 4.74 Å². The Labute approximate surface area is 183 Å². The number of fused-ring (bicyclic) bond motifs is 2. The number of carbonyl (C=O) groups excluding carboxylic acids is 1. The molecule has 31 heavy (non-hydrogen) atoms. The molecule has 6 fully saturated rings. The van der Waals surface area contributed by atoms with Gasteiger partial charge in [0.2, 0.25) is 0 Å². The largest absolute Gasteiger partial charge is 0.390 e. The first kappa shape index (κ1) is 20.0. The van der Waals surface area contributed by atoms with E-state index in [9.17, 15) is 14.3 Å². The second kappa shape index (κ2) is 7.45. The van der Waals surface area contributed by atoms with Crippen molar-refractivity contribution in [1.29, 1.82) is 0 Å². The molecule has 0 aromatic heterocycles. The van der Waals surface area contributed by atoms with Gasteiger partial charge in [0, 0.05) is 23.7 Å². The Bertz CT molecular complexity index is 833. The molecule has 2 saturated heterocycles. The Morgan fingerprint density at radius 2 is 1.77 bits per heavy atom. The van der Waals surface area contributed by atoms with Crippen molar-refractivity contribution < 1.29 is 19.0 Å². The molecule has 2 aliphatic heterocycles. The first-order valence-corrected chi connectivity index (χ1v) is 12.1. The first-order valence-electron chi connectivity index (χ1n) is 12.1. The second-order valence-corrected chi connectivity index (χ2v) is 11.0. The first-order chi connectivity index (χ1) is 15.0. The summed E-state index contributed by atoms with van der Waals surface area (Å²) in [6.07, 6.45) is 8.77. The van der Waals surface area contributed by atoms with Gasteiger partial charge in [-0.1, -0.05) is 18.2 Å². The van der Waals surface area contributed by atoms with Gasteiger partial charge >= 0.3 is 6.03 Å². The average molecular weight is 429 g/mol. The Balaban J connectivity index is 1.07. The van der Waals surface area contributed by atoms with Crippen LogP contribution in [0.15, 0.2) is 24.3 Å². The van der Waals surface area contributed by atoms with Gasteiger partial charge in [0.15, 0.2) is 0 Å². The maximum atomic E-state index is 13.9.